The fourth-order valence-corrected chi connectivity index (χ4v) is 4.87. The molecule has 1 aromatic heterocycles. The number of carbonyl (C=O) groups is 1. The van der Waals surface area contributed by atoms with Gasteiger partial charge in [0.05, 0.1) is 24.7 Å². The molecule has 0 spiro atoms. The Labute approximate surface area is 206 Å². The summed E-state index contributed by atoms with van der Waals surface area (Å²) in [4.78, 5) is 16.9. The highest BCUT2D eigenvalue weighted by atomic mass is 32.2. The normalized spacial score (nSPS) is 14.9. The number of rotatable bonds is 8. The average Bonchev–Trinajstić information content (AvgIpc) is 3.53. The lowest BCUT2D eigenvalue weighted by atomic mass is 10.2. The molecule has 0 bridgehead atoms. The number of fused-ring (bicyclic) bond motifs is 1. The maximum atomic E-state index is 14.0. The molecule has 9 nitrogen and oxygen atoms in total. The van der Waals surface area contributed by atoms with E-state index in [0.717, 1.165) is 5.56 Å². The van der Waals surface area contributed by atoms with Crippen LogP contribution in [0.5, 0.6) is 11.5 Å². The molecule has 1 amide bonds. The Bertz CT molecular complexity index is 1200. The Kier molecular flexibility index (Phi) is 7.05. The summed E-state index contributed by atoms with van der Waals surface area (Å²) >= 11 is 1.29. The zero-order valence-electron chi connectivity index (χ0n) is 19.4. The van der Waals surface area contributed by atoms with E-state index >= 15 is 0 Å². The molecule has 0 radical (unpaired) electrons. The summed E-state index contributed by atoms with van der Waals surface area (Å²) in [6.45, 7) is 5.67. The van der Waals surface area contributed by atoms with Crippen molar-refractivity contribution in [3.05, 3.63) is 53.8 Å². The highest BCUT2D eigenvalue weighted by Gasteiger charge is 2.24. The minimum absolute atomic E-state index is 0.0307. The van der Waals surface area contributed by atoms with Crippen molar-refractivity contribution in [2.75, 3.05) is 50.3 Å². The maximum absolute atomic E-state index is 14.0. The third-order valence-electron chi connectivity index (χ3n) is 5.85. The zero-order chi connectivity index (χ0) is 24.2. The van der Waals surface area contributed by atoms with Gasteiger partial charge in [-0.15, -0.1) is 10.2 Å². The topological polar surface area (TPSA) is 82.0 Å². The van der Waals surface area contributed by atoms with Crippen molar-refractivity contribution in [3.63, 3.8) is 0 Å². The van der Waals surface area contributed by atoms with Crippen molar-refractivity contribution < 1.29 is 23.4 Å². The Hall–Kier alpha value is -3.31. The Morgan fingerprint density at radius 1 is 1.11 bits per heavy atom. The first kappa shape index (κ1) is 23.4. The van der Waals surface area contributed by atoms with Crippen LogP contribution in [0.3, 0.4) is 0 Å². The van der Waals surface area contributed by atoms with Crippen LogP contribution >= 0.6 is 11.8 Å². The van der Waals surface area contributed by atoms with E-state index in [9.17, 15) is 9.18 Å². The van der Waals surface area contributed by atoms with E-state index in [1.54, 1.807) is 21.6 Å². The lowest BCUT2D eigenvalue weighted by molar-refractivity contribution is -0.128. The molecule has 2 aliphatic rings. The molecule has 1 saturated heterocycles. The van der Waals surface area contributed by atoms with Crippen LogP contribution in [0.4, 0.5) is 10.3 Å². The lowest BCUT2D eigenvalue weighted by Crippen LogP contribution is -2.38. The number of halogens is 1. The van der Waals surface area contributed by atoms with Gasteiger partial charge in [-0.1, -0.05) is 23.9 Å². The van der Waals surface area contributed by atoms with Gasteiger partial charge < -0.3 is 24.0 Å². The van der Waals surface area contributed by atoms with Crippen LogP contribution in [0.2, 0.25) is 0 Å². The van der Waals surface area contributed by atoms with Crippen LogP contribution in [0.1, 0.15) is 12.5 Å². The number of anilines is 1. The number of hydrogen-bond donors (Lipinski definition) is 0. The molecule has 184 valence electrons. The molecule has 0 saturated carbocycles. The SMILES string of the molecule is CCN(Cc1ccc2c(c1)OCO2)C(=O)CSc1nnc(N2CCOCC2)n1-c1cccc(F)c1. The molecule has 35 heavy (non-hydrogen) atoms. The van der Waals surface area contributed by atoms with Crippen LogP contribution in [0.25, 0.3) is 5.69 Å². The number of amides is 1. The van der Waals surface area contributed by atoms with Gasteiger partial charge in [0.25, 0.3) is 0 Å². The molecule has 11 heteroatoms. The summed E-state index contributed by atoms with van der Waals surface area (Å²) in [7, 11) is 0. The molecule has 2 aromatic carbocycles. The van der Waals surface area contributed by atoms with Crippen molar-refractivity contribution in [1.82, 2.24) is 19.7 Å². The van der Waals surface area contributed by atoms with Crippen molar-refractivity contribution in [2.45, 2.75) is 18.6 Å². The number of aromatic nitrogens is 3. The molecular formula is C24H26FN5O4S. The average molecular weight is 500 g/mol. The van der Waals surface area contributed by atoms with E-state index in [4.69, 9.17) is 14.2 Å². The number of thioether (sulfide) groups is 1. The molecule has 0 aliphatic carbocycles. The monoisotopic (exact) mass is 499 g/mol. The number of hydrogen-bond acceptors (Lipinski definition) is 8. The first-order valence-corrected chi connectivity index (χ1v) is 12.4. The summed E-state index contributed by atoms with van der Waals surface area (Å²) < 4.78 is 32.1. The van der Waals surface area contributed by atoms with E-state index in [2.05, 4.69) is 15.1 Å². The fraction of sp³-hybridized carbons (Fsp3) is 0.375. The molecule has 3 heterocycles. The van der Waals surface area contributed by atoms with E-state index in [-0.39, 0.29) is 24.3 Å². The quantitative estimate of drug-likeness (QED) is 0.438. The predicted octanol–water partition coefficient (Wildman–Crippen LogP) is 3.11. The van der Waals surface area contributed by atoms with Crippen LogP contribution in [0, 0.1) is 5.82 Å². The van der Waals surface area contributed by atoms with E-state index in [1.807, 2.05) is 25.1 Å². The van der Waals surface area contributed by atoms with Crippen molar-refractivity contribution in [2.24, 2.45) is 0 Å². The standard InChI is InChI=1S/C24H26FN5O4S/c1-2-28(14-17-6-7-20-21(12-17)34-16-33-20)22(31)15-35-24-27-26-23(29-8-10-32-11-9-29)30(24)19-5-3-4-18(25)13-19/h3-7,12-13H,2,8-11,14-16H2,1H3. The first-order valence-electron chi connectivity index (χ1n) is 11.5. The van der Waals surface area contributed by atoms with E-state index in [1.165, 1.54) is 23.9 Å². The van der Waals surface area contributed by atoms with E-state index < -0.39 is 0 Å². The van der Waals surface area contributed by atoms with Crippen LogP contribution < -0.4 is 14.4 Å². The third kappa shape index (κ3) is 5.20. The Morgan fingerprint density at radius 3 is 2.74 bits per heavy atom. The highest BCUT2D eigenvalue weighted by molar-refractivity contribution is 7.99. The number of morpholine rings is 1. The van der Waals surface area contributed by atoms with Gasteiger partial charge in [-0.05, 0) is 42.8 Å². The van der Waals surface area contributed by atoms with Crippen LogP contribution in [-0.4, -0.2) is 71.0 Å². The molecule has 0 unspecified atom stereocenters. The van der Waals surface area contributed by atoms with Gasteiger partial charge in [0, 0.05) is 26.2 Å². The largest absolute Gasteiger partial charge is 0.454 e. The molecule has 1 fully saturated rings. The molecule has 0 atom stereocenters. The number of ether oxygens (including phenoxy) is 3. The fourth-order valence-electron chi connectivity index (χ4n) is 4.02. The van der Waals surface area contributed by atoms with Crippen LogP contribution in [-0.2, 0) is 16.1 Å². The second kappa shape index (κ2) is 10.5. The Morgan fingerprint density at radius 2 is 1.94 bits per heavy atom. The second-order valence-corrected chi connectivity index (χ2v) is 9.02. The second-order valence-electron chi connectivity index (χ2n) is 8.08. The van der Waals surface area contributed by atoms with E-state index in [0.29, 0.717) is 67.7 Å². The maximum Gasteiger partial charge on any atom is 0.233 e. The summed E-state index contributed by atoms with van der Waals surface area (Å²) in [5, 5.41) is 9.26. The van der Waals surface area contributed by atoms with Crippen molar-refractivity contribution in [3.8, 4) is 17.2 Å². The highest BCUT2D eigenvalue weighted by Crippen LogP contribution is 2.33. The number of benzene rings is 2. The van der Waals surface area contributed by atoms with Gasteiger partial charge in [-0.25, -0.2) is 4.39 Å². The molecule has 2 aliphatic heterocycles. The summed E-state index contributed by atoms with van der Waals surface area (Å²) in [5.74, 6) is 1.82. The minimum Gasteiger partial charge on any atom is -0.454 e. The Balaban J connectivity index is 1.32. The van der Waals surface area contributed by atoms with Gasteiger partial charge in [-0.3, -0.25) is 9.36 Å². The number of carbonyl (C=O) groups excluding carboxylic acids is 1. The smallest absolute Gasteiger partial charge is 0.233 e. The molecule has 0 N–H and O–H groups in total. The molecule has 5 rings (SSSR count). The molecular weight excluding hydrogens is 473 g/mol. The number of nitrogens with zero attached hydrogens (tertiary/aromatic N) is 5. The summed E-state index contributed by atoms with van der Waals surface area (Å²) in [5.41, 5.74) is 1.58. The van der Waals surface area contributed by atoms with Crippen LogP contribution in [0.15, 0.2) is 47.6 Å². The molecule has 3 aromatic rings. The van der Waals surface area contributed by atoms with Gasteiger partial charge in [-0.2, -0.15) is 0 Å². The van der Waals surface area contributed by atoms with Gasteiger partial charge in [0.15, 0.2) is 16.7 Å². The minimum atomic E-state index is -0.350. The van der Waals surface area contributed by atoms with Crippen molar-refractivity contribution in [1.29, 1.82) is 0 Å². The summed E-state index contributed by atoms with van der Waals surface area (Å²) in [6, 6.07) is 12.0. The summed E-state index contributed by atoms with van der Waals surface area (Å²) in [6.07, 6.45) is 0. The third-order valence-corrected chi connectivity index (χ3v) is 6.76. The van der Waals surface area contributed by atoms with Crippen molar-refractivity contribution >= 4 is 23.6 Å². The zero-order valence-corrected chi connectivity index (χ0v) is 20.2. The predicted molar refractivity (Wildman–Crippen MR) is 129 cm³/mol. The van der Waals surface area contributed by atoms with Gasteiger partial charge >= 0.3 is 0 Å². The first-order chi connectivity index (χ1) is 17.1. The van der Waals surface area contributed by atoms with Gasteiger partial charge in [0.1, 0.15) is 5.82 Å². The van der Waals surface area contributed by atoms with Gasteiger partial charge in [0.2, 0.25) is 18.6 Å². The lowest BCUT2D eigenvalue weighted by Gasteiger charge is -2.28.